The number of nitrogens with one attached hydrogen (secondary N) is 1. The first-order chi connectivity index (χ1) is 15.8. The van der Waals surface area contributed by atoms with E-state index in [0.29, 0.717) is 48.3 Å². The highest BCUT2D eigenvalue weighted by Gasteiger charge is 2.42. The Morgan fingerprint density at radius 2 is 1.82 bits per heavy atom. The minimum Gasteiger partial charge on any atom is -0.379 e. The van der Waals surface area contributed by atoms with Crippen LogP contribution in [-0.2, 0) is 14.8 Å². The van der Waals surface area contributed by atoms with E-state index in [2.05, 4.69) is 47.3 Å². The minimum absolute atomic E-state index is 0.290. The first-order valence-corrected chi connectivity index (χ1v) is 13.3. The van der Waals surface area contributed by atoms with E-state index in [1.807, 2.05) is 0 Å². The van der Waals surface area contributed by atoms with Crippen molar-refractivity contribution in [3.8, 4) is 0 Å². The standard InChI is InChI=1S/C24H30N4O3S2/c1-17-3-8-22-20(15-17)21-16-26(2)10-9-23(21)28(22)24(32)25-18-4-6-19(7-5-18)33(29,30)27-11-13-31-14-12-27/h3-8,15,21,23H,9-14,16H2,1-2H3,(H,25,32)/t21-,23-/m1/s1. The van der Waals surface area contributed by atoms with Gasteiger partial charge in [0.05, 0.1) is 18.1 Å². The van der Waals surface area contributed by atoms with E-state index in [1.165, 1.54) is 21.1 Å². The SMILES string of the molecule is Cc1ccc2c(c1)[C@H]1CN(C)CC[C@H]1N2C(=S)Nc1ccc(S(=O)(=O)N2CCOCC2)cc1. The third-order valence-electron chi connectivity index (χ3n) is 6.89. The van der Waals surface area contributed by atoms with Crippen LogP contribution in [0.3, 0.4) is 0 Å². The van der Waals surface area contributed by atoms with Crippen molar-refractivity contribution >= 4 is 38.7 Å². The lowest BCUT2D eigenvalue weighted by atomic mass is 9.89. The number of morpholine rings is 1. The van der Waals surface area contributed by atoms with Gasteiger partial charge in [-0.05, 0) is 75.1 Å². The number of sulfonamides is 1. The van der Waals surface area contributed by atoms with Crippen molar-refractivity contribution in [2.24, 2.45) is 0 Å². The molecular formula is C24H30N4O3S2. The van der Waals surface area contributed by atoms with Gasteiger partial charge in [-0.2, -0.15) is 4.31 Å². The third kappa shape index (κ3) is 4.28. The van der Waals surface area contributed by atoms with Crippen LogP contribution in [0.1, 0.15) is 23.5 Å². The van der Waals surface area contributed by atoms with Crippen LogP contribution in [0, 0.1) is 6.92 Å². The molecule has 2 aromatic rings. The van der Waals surface area contributed by atoms with Gasteiger partial charge >= 0.3 is 0 Å². The highest BCUT2D eigenvalue weighted by molar-refractivity contribution is 7.89. The van der Waals surface area contributed by atoms with Crippen molar-refractivity contribution in [1.82, 2.24) is 9.21 Å². The Kier molecular flexibility index (Phi) is 6.17. The summed E-state index contributed by atoms with van der Waals surface area (Å²) in [5.74, 6) is 0.430. The summed E-state index contributed by atoms with van der Waals surface area (Å²) in [6.07, 6.45) is 1.05. The molecule has 0 aromatic heterocycles. The maximum Gasteiger partial charge on any atom is 0.243 e. The molecule has 2 saturated heterocycles. The first kappa shape index (κ1) is 22.7. The predicted molar refractivity (Wildman–Crippen MR) is 135 cm³/mol. The van der Waals surface area contributed by atoms with Gasteiger partial charge in [0.1, 0.15) is 0 Å². The summed E-state index contributed by atoms with van der Waals surface area (Å²) in [4.78, 5) is 4.94. The zero-order valence-electron chi connectivity index (χ0n) is 19.0. The number of ether oxygens (including phenoxy) is 1. The zero-order valence-corrected chi connectivity index (χ0v) is 20.7. The molecule has 0 unspecified atom stereocenters. The van der Waals surface area contributed by atoms with Gasteiger partial charge in [-0.25, -0.2) is 8.42 Å². The first-order valence-electron chi connectivity index (χ1n) is 11.4. The minimum atomic E-state index is -3.51. The van der Waals surface area contributed by atoms with Crippen molar-refractivity contribution in [3.63, 3.8) is 0 Å². The molecule has 5 rings (SSSR count). The summed E-state index contributed by atoms with van der Waals surface area (Å²) < 4.78 is 32.5. The lowest BCUT2D eigenvalue weighted by Gasteiger charge is -2.37. The highest BCUT2D eigenvalue weighted by atomic mass is 32.2. The van der Waals surface area contributed by atoms with Crippen molar-refractivity contribution in [1.29, 1.82) is 0 Å². The Labute approximate surface area is 201 Å². The fourth-order valence-corrected chi connectivity index (χ4v) is 6.94. The summed E-state index contributed by atoms with van der Waals surface area (Å²) in [6, 6.07) is 13.8. The number of thiocarbonyl (C=S) groups is 1. The maximum atomic E-state index is 12.9. The molecule has 2 fully saturated rings. The second kappa shape index (κ2) is 8.96. The summed E-state index contributed by atoms with van der Waals surface area (Å²) in [5.41, 5.74) is 4.59. The highest BCUT2D eigenvalue weighted by Crippen LogP contribution is 2.45. The van der Waals surface area contributed by atoms with Crippen LogP contribution in [0.2, 0.25) is 0 Å². The number of likely N-dealkylation sites (tertiary alicyclic amines) is 1. The Bertz CT molecular complexity index is 1150. The molecular weight excluding hydrogens is 456 g/mol. The van der Waals surface area contributed by atoms with Gasteiger partial charge < -0.3 is 19.9 Å². The fraction of sp³-hybridized carbons (Fsp3) is 0.458. The van der Waals surface area contributed by atoms with Crippen molar-refractivity contribution in [3.05, 3.63) is 53.6 Å². The molecule has 0 bridgehead atoms. The van der Waals surface area contributed by atoms with Gasteiger partial charge in [0.15, 0.2) is 5.11 Å². The van der Waals surface area contributed by atoms with E-state index >= 15 is 0 Å². The van der Waals surface area contributed by atoms with E-state index in [-0.39, 0.29) is 0 Å². The second-order valence-electron chi connectivity index (χ2n) is 9.13. The largest absolute Gasteiger partial charge is 0.379 e. The molecule has 0 aliphatic carbocycles. The van der Waals surface area contributed by atoms with Crippen LogP contribution in [0.25, 0.3) is 0 Å². The smallest absolute Gasteiger partial charge is 0.243 e. The molecule has 0 radical (unpaired) electrons. The zero-order chi connectivity index (χ0) is 23.2. The summed E-state index contributed by atoms with van der Waals surface area (Å²) in [5, 5.41) is 4.01. The summed E-state index contributed by atoms with van der Waals surface area (Å²) in [7, 11) is -1.33. The van der Waals surface area contributed by atoms with Gasteiger partial charge in [0, 0.05) is 43.0 Å². The van der Waals surface area contributed by atoms with Crippen molar-refractivity contribution < 1.29 is 13.2 Å². The molecule has 1 N–H and O–H groups in total. The van der Waals surface area contributed by atoms with E-state index < -0.39 is 10.0 Å². The van der Waals surface area contributed by atoms with Crippen molar-refractivity contribution in [2.45, 2.75) is 30.2 Å². The lowest BCUT2D eigenvalue weighted by molar-refractivity contribution is 0.0730. The van der Waals surface area contributed by atoms with Crippen LogP contribution in [-0.4, -0.2) is 75.2 Å². The average molecular weight is 487 g/mol. The summed E-state index contributed by atoms with van der Waals surface area (Å²) in [6.45, 7) is 5.84. The summed E-state index contributed by atoms with van der Waals surface area (Å²) >= 11 is 5.87. The van der Waals surface area contributed by atoms with E-state index in [0.717, 1.165) is 25.2 Å². The molecule has 3 heterocycles. The number of likely N-dealkylation sites (N-methyl/N-ethyl adjacent to an activating group) is 1. The Morgan fingerprint density at radius 3 is 2.55 bits per heavy atom. The second-order valence-corrected chi connectivity index (χ2v) is 11.5. The number of benzene rings is 2. The maximum absolute atomic E-state index is 12.9. The van der Waals surface area contributed by atoms with Crippen LogP contribution < -0.4 is 10.2 Å². The van der Waals surface area contributed by atoms with Gasteiger partial charge in [0.2, 0.25) is 10.0 Å². The monoisotopic (exact) mass is 486 g/mol. The topological polar surface area (TPSA) is 65.1 Å². The fourth-order valence-electron chi connectivity index (χ4n) is 5.18. The normalized spacial score (nSPS) is 23.8. The number of hydrogen-bond donors (Lipinski definition) is 1. The van der Waals surface area contributed by atoms with Gasteiger partial charge in [-0.3, -0.25) is 0 Å². The Morgan fingerprint density at radius 1 is 1.09 bits per heavy atom. The number of hydrogen-bond acceptors (Lipinski definition) is 5. The number of nitrogens with zero attached hydrogens (tertiary/aromatic N) is 3. The van der Waals surface area contributed by atoms with E-state index in [9.17, 15) is 8.42 Å². The number of fused-ring (bicyclic) bond motifs is 3. The van der Waals surface area contributed by atoms with Crippen LogP contribution in [0.15, 0.2) is 47.4 Å². The van der Waals surface area contributed by atoms with Crippen LogP contribution in [0.5, 0.6) is 0 Å². The molecule has 33 heavy (non-hydrogen) atoms. The average Bonchev–Trinajstić information content (AvgIpc) is 3.13. The van der Waals surface area contributed by atoms with Gasteiger partial charge in [-0.1, -0.05) is 17.7 Å². The van der Waals surface area contributed by atoms with Gasteiger partial charge in [-0.15, -0.1) is 0 Å². The number of rotatable bonds is 3. The van der Waals surface area contributed by atoms with E-state index in [1.54, 1.807) is 24.3 Å². The predicted octanol–water partition coefficient (Wildman–Crippen LogP) is 3.02. The van der Waals surface area contributed by atoms with Crippen LogP contribution >= 0.6 is 12.2 Å². The molecule has 2 aromatic carbocycles. The molecule has 0 amide bonds. The quantitative estimate of drug-likeness (QED) is 0.669. The molecule has 0 spiro atoms. The van der Waals surface area contributed by atoms with Crippen LogP contribution in [0.4, 0.5) is 11.4 Å². The molecule has 3 aliphatic rings. The van der Waals surface area contributed by atoms with Crippen molar-refractivity contribution in [2.75, 3.05) is 56.7 Å². The number of aryl methyl sites for hydroxylation is 1. The van der Waals surface area contributed by atoms with Gasteiger partial charge in [0.25, 0.3) is 0 Å². The molecule has 176 valence electrons. The molecule has 9 heteroatoms. The Hall–Kier alpha value is -2.04. The molecule has 3 aliphatic heterocycles. The molecule has 0 saturated carbocycles. The third-order valence-corrected chi connectivity index (χ3v) is 9.10. The molecule has 7 nitrogen and oxygen atoms in total. The number of piperidine rings is 1. The Balaban J connectivity index is 1.35. The number of anilines is 2. The molecule has 2 atom stereocenters. The lowest BCUT2D eigenvalue weighted by Crippen LogP contribution is -2.48. The van der Waals surface area contributed by atoms with E-state index in [4.69, 9.17) is 17.0 Å².